The van der Waals surface area contributed by atoms with Crippen LogP contribution in [0.15, 0.2) is 4.99 Å². The van der Waals surface area contributed by atoms with Crippen LogP contribution in [0.25, 0.3) is 0 Å². The summed E-state index contributed by atoms with van der Waals surface area (Å²) in [6, 6.07) is -2.94. The summed E-state index contributed by atoms with van der Waals surface area (Å²) in [7, 11) is 0. The third kappa shape index (κ3) is 12.1. The molecule has 0 saturated heterocycles. The van der Waals surface area contributed by atoms with E-state index in [0.29, 0.717) is 6.42 Å². The van der Waals surface area contributed by atoms with E-state index in [4.69, 9.17) is 17.2 Å². The number of carbonyl (C=O) groups excluding carboxylic acids is 3. The van der Waals surface area contributed by atoms with Crippen LogP contribution in [0.1, 0.15) is 33.1 Å². The molecule has 3 amide bonds. The number of guanidine groups is 1. The molecule has 0 aromatic heterocycles. The molecule has 12 nitrogen and oxygen atoms in total. The number of carbonyl (C=O) groups is 4. The van der Waals surface area contributed by atoms with Gasteiger partial charge in [0.1, 0.15) is 12.1 Å². The van der Waals surface area contributed by atoms with Crippen molar-refractivity contribution in [2.45, 2.75) is 51.2 Å². The Hall–Kier alpha value is -2.54. The molecule has 13 heteroatoms. The maximum absolute atomic E-state index is 12.5. The number of nitrogens with zero attached hydrogens (tertiary/aromatic N) is 1. The van der Waals surface area contributed by atoms with Crippen LogP contribution in [0.5, 0.6) is 0 Å². The lowest BCUT2D eigenvalue weighted by molar-refractivity contribution is -0.142. The molecular weight excluding hydrogens is 414 g/mol. The fraction of sp³-hybridized carbons (Fsp3) is 0.706. The molecule has 10 N–H and O–H groups in total. The second-order valence-corrected chi connectivity index (χ2v) is 7.47. The maximum atomic E-state index is 12.5. The maximum Gasteiger partial charge on any atom is 0.326 e. The molecule has 3 atom stereocenters. The van der Waals surface area contributed by atoms with Crippen molar-refractivity contribution >= 4 is 42.3 Å². The Morgan fingerprint density at radius 1 is 1.07 bits per heavy atom. The van der Waals surface area contributed by atoms with Gasteiger partial charge in [-0.15, -0.1) is 0 Å². The van der Waals surface area contributed by atoms with Gasteiger partial charge in [-0.2, -0.15) is 12.6 Å². The Labute approximate surface area is 181 Å². The lowest BCUT2D eigenvalue weighted by Crippen LogP contribution is -2.54. The Kier molecular flexibility index (Phi) is 13.2. The number of thiol groups is 1. The lowest BCUT2D eigenvalue weighted by atomic mass is 10.0. The van der Waals surface area contributed by atoms with Gasteiger partial charge in [-0.25, -0.2) is 4.79 Å². The third-order valence-corrected chi connectivity index (χ3v) is 4.27. The molecule has 0 bridgehead atoms. The summed E-state index contributed by atoms with van der Waals surface area (Å²) < 4.78 is 0. The van der Waals surface area contributed by atoms with Crippen LogP contribution in [-0.2, 0) is 19.2 Å². The van der Waals surface area contributed by atoms with Gasteiger partial charge in [-0.05, 0) is 25.2 Å². The van der Waals surface area contributed by atoms with Gasteiger partial charge in [-0.3, -0.25) is 19.4 Å². The SMILES string of the molecule is CC(C)CC(NC(=O)CNC(=O)C(CCCN=C(N)N)NC(=O)C(N)CS)C(=O)O. The van der Waals surface area contributed by atoms with Crippen molar-refractivity contribution in [3.05, 3.63) is 0 Å². The highest BCUT2D eigenvalue weighted by Gasteiger charge is 2.25. The Bertz CT molecular complexity index is 626. The topological polar surface area (TPSA) is 215 Å². The van der Waals surface area contributed by atoms with E-state index in [1.165, 1.54) is 0 Å². The molecule has 0 radical (unpaired) electrons. The largest absolute Gasteiger partial charge is 0.480 e. The minimum absolute atomic E-state index is 0.0573. The molecule has 0 aromatic carbocycles. The monoisotopic (exact) mass is 447 g/mol. The quantitative estimate of drug-likeness (QED) is 0.0615. The highest BCUT2D eigenvalue weighted by molar-refractivity contribution is 7.80. The van der Waals surface area contributed by atoms with E-state index in [0.717, 1.165) is 0 Å². The van der Waals surface area contributed by atoms with Gasteiger partial charge in [0.15, 0.2) is 5.96 Å². The Balaban J connectivity index is 4.87. The Morgan fingerprint density at radius 3 is 2.20 bits per heavy atom. The first-order valence-corrected chi connectivity index (χ1v) is 10.1. The lowest BCUT2D eigenvalue weighted by Gasteiger charge is -2.20. The number of aliphatic carboxylic acids is 1. The fourth-order valence-electron chi connectivity index (χ4n) is 2.36. The van der Waals surface area contributed by atoms with Crippen molar-refractivity contribution in [1.82, 2.24) is 16.0 Å². The zero-order valence-corrected chi connectivity index (χ0v) is 18.2. The van der Waals surface area contributed by atoms with Gasteiger partial charge in [0.05, 0.1) is 12.6 Å². The average Bonchev–Trinajstić information content (AvgIpc) is 2.66. The van der Waals surface area contributed by atoms with Crippen molar-refractivity contribution in [3.63, 3.8) is 0 Å². The summed E-state index contributed by atoms with van der Waals surface area (Å²) in [6.45, 7) is 3.46. The van der Waals surface area contributed by atoms with Crippen LogP contribution < -0.4 is 33.2 Å². The summed E-state index contributed by atoms with van der Waals surface area (Å²) in [6.07, 6.45) is 0.828. The van der Waals surface area contributed by atoms with Gasteiger partial charge < -0.3 is 38.3 Å². The second kappa shape index (κ2) is 14.4. The molecule has 0 fully saturated rings. The molecule has 0 saturated carbocycles. The van der Waals surface area contributed by atoms with E-state index in [9.17, 15) is 24.3 Å². The second-order valence-electron chi connectivity index (χ2n) is 7.10. The van der Waals surface area contributed by atoms with Gasteiger partial charge in [0.2, 0.25) is 17.7 Å². The van der Waals surface area contributed by atoms with E-state index >= 15 is 0 Å². The van der Waals surface area contributed by atoms with Gasteiger partial charge >= 0.3 is 5.97 Å². The summed E-state index contributed by atoms with van der Waals surface area (Å²) in [4.78, 5) is 51.5. The van der Waals surface area contributed by atoms with Crippen LogP contribution in [0.4, 0.5) is 0 Å². The van der Waals surface area contributed by atoms with Crippen LogP contribution in [0.2, 0.25) is 0 Å². The minimum Gasteiger partial charge on any atom is -0.480 e. The molecule has 0 aliphatic heterocycles. The van der Waals surface area contributed by atoms with Crippen molar-refractivity contribution in [2.75, 3.05) is 18.8 Å². The van der Waals surface area contributed by atoms with E-state index in [2.05, 4.69) is 33.6 Å². The first kappa shape index (κ1) is 27.5. The van der Waals surface area contributed by atoms with E-state index in [1.54, 1.807) is 0 Å². The molecule has 0 aromatic rings. The fourth-order valence-corrected chi connectivity index (χ4v) is 2.53. The Morgan fingerprint density at radius 2 is 1.70 bits per heavy atom. The number of carboxylic acids is 1. The number of carboxylic acid groups (broad SMARTS) is 1. The number of amides is 3. The van der Waals surface area contributed by atoms with Crippen molar-refractivity contribution in [3.8, 4) is 0 Å². The number of hydrogen-bond donors (Lipinski definition) is 8. The molecule has 3 unspecified atom stereocenters. The molecular formula is C17H33N7O5S. The normalized spacial score (nSPS) is 13.6. The van der Waals surface area contributed by atoms with Crippen molar-refractivity contribution in [2.24, 2.45) is 28.1 Å². The number of aliphatic imine (C=N–C) groups is 1. The standard InChI is InChI=1S/C17H33N7O5S/c1-9(2)6-12(16(28)29)23-13(25)7-22-15(27)11(4-3-5-21-17(19)20)24-14(26)10(18)8-30/h9-12,30H,3-8,18H2,1-2H3,(H,22,27)(H,23,25)(H,24,26)(H,28,29)(H4,19,20,21). The molecule has 0 aliphatic carbocycles. The van der Waals surface area contributed by atoms with E-state index in [-0.39, 0.29) is 37.0 Å². The van der Waals surface area contributed by atoms with E-state index in [1.807, 2.05) is 13.8 Å². The molecule has 0 spiro atoms. The van der Waals surface area contributed by atoms with E-state index < -0.39 is 48.4 Å². The number of nitrogens with one attached hydrogen (secondary N) is 3. The highest BCUT2D eigenvalue weighted by atomic mass is 32.1. The number of hydrogen-bond acceptors (Lipinski definition) is 7. The summed E-state index contributed by atoms with van der Waals surface area (Å²) in [5, 5.41) is 16.4. The van der Waals surface area contributed by atoms with Crippen LogP contribution in [0, 0.1) is 5.92 Å². The first-order chi connectivity index (χ1) is 14.0. The molecule has 0 heterocycles. The predicted octanol–water partition coefficient (Wildman–Crippen LogP) is -2.49. The summed E-state index contributed by atoms with van der Waals surface area (Å²) >= 11 is 3.94. The summed E-state index contributed by atoms with van der Waals surface area (Å²) in [5.74, 6) is -2.96. The van der Waals surface area contributed by atoms with Crippen molar-refractivity contribution < 1.29 is 24.3 Å². The van der Waals surface area contributed by atoms with Gasteiger partial charge in [0.25, 0.3) is 0 Å². The highest BCUT2D eigenvalue weighted by Crippen LogP contribution is 2.05. The van der Waals surface area contributed by atoms with Crippen molar-refractivity contribution in [1.29, 1.82) is 0 Å². The van der Waals surface area contributed by atoms with Gasteiger partial charge in [-0.1, -0.05) is 13.8 Å². The molecule has 172 valence electrons. The van der Waals surface area contributed by atoms with Crippen LogP contribution in [0.3, 0.4) is 0 Å². The zero-order valence-electron chi connectivity index (χ0n) is 17.3. The average molecular weight is 448 g/mol. The van der Waals surface area contributed by atoms with Crippen LogP contribution >= 0.6 is 12.6 Å². The minimum atomic E-state index is -1.16. The number of rotatable bonds is 14. The van der Waals surface area contributed by atoms with Gasteiger partial charge in [0, 0.05) is 12.3 Å². The molecule has 30 heavy (non-hydrogen) atoms. The van der Waals surface area contributed by atoms with Crippen LogP contribution in [-0.4, -0.2) is 71.7 Å². The molecule has 0 rings (SSSR count). The third-order valence-electron chi connectivity index (χ3n) is 3.88. The first-order valence-electron chi connectivity index (χ1n) is 9.50. The smallest absolute Gasteiger partial charge is 0.326 e. The summed E-state index contributed by atoms with van der Waals surface area (Å²) in [5.41, 5.74) is 16.1. The molecule has 0 aliphatic rings. The predicted molar refractivity (Wildman–Crippen MR) is 116 cm³/mol. The zero-order chi connectivity index (χ0) is 23.3. The number of nitrogens with two attached hydrogens (primary N) is 3.